The lowest BCUT2D eigenvalue weighted by atomic mass is 9.83. The summed E-state index contributed by atoms with van der Waals surface area (Å²) in [6, 6.07) is 0. The van der Waals surface area contributed by atoms with E-state index in [1.807, 2.05) is 0 Å². The zero-order valence-corrected chi connectivity index (χ0v) is 10.5. The molecule has 1 N–H and O–H groups in total. The predicted octanol–water partition coefficient (Wildman–Crippen LogP) is 2.44. The van der Waals surface area contributed by atoms with Crippen LogP contribution in [0.3, 0.4) is 0 Å². The highest BCUT2D eigenvalue weighted by atomic mass is 16.5. The van der Waals surface area contributed by atoms with E-state index in [1.54, 1.807) is 0 Å². The highest BCUT2D eigenvalue weighted by molar-refractivity contribution is 5.04. The topological polar surface area (TPSA) is 21.3 Å². The van der Waals surface area contributed by atoms with Crippen LogP contribution >= 0.6 is 0 Å². The van der Waals surface area contributed by atoms with Gasteiger partial charge in [0.05, 0.1) is 6.61 Å². The lowest BCUT2D eigenvalue weighted by Gasteiger charge is -2.31. The maximum atomic E-state index is 5.97. The Morgan fingerprint density at radius 1 is 1.25 bits per heavy atom. The Kier molecular flexibility index (Phi) is 2.97. The largest absolute Gasteiger partial charge is 0.381 e. The smallest absolute Gasteiger partial charge is 0.0534 e. The second-order valence-corrected chi connectivity index (χ2v) is 6.40. The molecule has 16 heavy (non-hydrogen) atoms. The van der Waals surface area contributed by atoms with Gasteiger partial charge in [-0.1, -0.05) is 6.92 Å². The predicted molar refractivity (Wildman–Crippen MR) is 65.4 cm³/mol. The van der Waals surface area contributed by atoms with Gasteiger partial charge >= 0.3 is 0 Å². The van der Waals surface area contributed by atoms with Crippen molar-refractivity contribution < 1.29 is 4.74 Å². The molecule has 0 saturated heterocycles. The molecule has 0 heterocycles. The van der Waals surface area contributed by atoms with E-state index in [0.717, 1.165) is 37.5 Å². The molecule has 2 nitrogen and oxygen atoms in total. The molecule has 0 spiro atoms. The highest BCUT2D eigenvalue weighted by Gasteiger charge is 2.53. The highest BCUT2D eigenvalue weighted by Crippen LogP contribution is 2.59. The van der Waals surface area contributed by atoms with E-state index in [9.17, 15) is 0 Å². The Morgan fingerprint density at radius 2 is 2.00 bits per heavy atom. The standard InChI is InChI=1S/C14H25NO/c1-2-15-9-14(6-12-5-13(12)7-14)10-16-8-11-3-4-11/h11-13,15H,2-10H2,1H3. The first-order chi connectivity index (χ1) is 7.81. The fourth-order valence-corrected chi connectivity index (χ4v) is 3.44. The molecule has 0 bridgehead atoms. The van der Waals surface area contributed by atoms with Crippen molar-refractivity contribution in [3.8, 4) is 0 Å². The maximum absolute atomic E-state index is 5.97. The third kappa shape index (κ3) is 2.43. The first kappa shape index (κ1) is 11.0. The van der Waals surface area contributed by atoms with Crippen LogP contribution in [0, 0.1) is 23.2 Å². The van der Waals surface area contributed by atoms with E-state index < -0.39 is 0 Å². The number of hydrogen-bond acceptors (Lipinski definition) is 2. The minimum atomic E-state index is 0.498. The van der Waals surface area contributed by atoms with E-state index in [1.165, 1.54) is 38.6 Å². The molecular formula is C14H25NO. The molecule has 3 saturated carbocycles. The van der Waals surface area contributed by atoms with Crippen molar-refractivity contribution in [2.24, 2.45) is 23.2 Å². The van der Waals surface area contributed by atoms with Gasteiger partial charge in [-0.3, -0.25) is 0 Å². The van der Waals surface area contributed by atoms with Crippen molar-refractivity contribution in [3.05, 3.63) is 0 Å². The SMILES string of the molecule is CCNCC1(COCC2CC2)CC2CC2C1. The van der Waals surface area contributed by atoms with Gasteiger partial charge in [0.2, 0.25) is 0 Å². The fraction of sp³-hybridized carbons (Fsp3) is 1.00. The average Bonchev–Trinajstić information content (AvgIpc) is 3.18. The van der Waals surface area contributed by atoms with Gasteiger partial charge < -0.3 is 10.1 Å². The Balaban J connectivity index is 1.47. The van der Waals surface area contributed by atoms with Gasteiger partial charge in [0.1, 0.15) is 0 Å². The third-order valence-corrected chi connectivity index (χ3v) is 4.67. The van der Waals surface area contributed by atoms with Crippen molar-refractivity contribution in [1.29, 1.82) is 0 Å². The van der Waals surface area contributed by atoms with Crippen LogP contribution in [0.25, 0.3) is 0 Å². The van der Waals surface area contributed by atoms with E-state index in [2.05, 4.69) is 12.2 Å². The van der Waals surface area contributed by atoms with Crippen molar-refractivity contribution >= 4 is 0 Å². The summed E-state index contributed by atoms with van der Waals surface area (Å²) in [6.07, 6.45) is 7.18. The molecule has 3 fully saturated rings. The lowest BCUT2D eigenvalue weighted by Crippen LogP contribution is -2.37. The van der Waals surface area contributed by atoms with Crippen LogP contribution in [-0.4, -0.2) is 26.3 Å². The summed E-state index contributed by atoms with van der Waals surface area (Å²) in [6.45, 7) is 6.53. The monoisotopic (exact) mass is 223 g/mol. The van der Waals surface area contributed by atoms with E-state index in [0.29, 0.717) is 5.41 Å². The summed E-state index contributed by atoms with van der Waals surface area (Å²) in [5, 5.41) is 3.55. The molecule has 3 aliphatic carbocycles. The van der Waals surface area contributed by atoms with E-state index in [-0.39, 0.29) is 0 Å². The molecule has 0 aromatic heterocycles. The molecule has 3 aliphatic rings. The summed E-state index contributed by atoms with van der Waals surface area (Å²) in [7, 11) is 0. The van der Waals surface area contributed by atoms with Gasteiger partial charge in [-0.05, 0) is 56.4 Å². The molecule has 92 valence electrons. The molecule has 0 aliphatic heterocycles. The normalized spacial score (nSPS) is 41.1. The number of fused-ring (bicyclic) bond motifs is 1. The lowest BCUT2D eigenvalue weighted by molar-refractivity contribution is 0.0340. The van der Waals surface area contributed by atoms with Gasteiger partial charge in [-0.25, -0.2) is 0 Å². The number of ether oxygens (including phenoxy) is 1. The number of nitrogens with one attached hydrogen (secondary N) is 1. The van der Waals surface area contributed by atoms with Crippen LogP contribution in [0.4, 0.5) is 0 Å². The van der Waals surface area contributed by atoms with Crippen molar-refractivity contribution in [3.63, 3.8) is 0 Å². The summed E-state index contributed by atoms with van der Waals surface area (Å²) in [5.41, 5.74) is 0.498. The zero-order valence-electron chi connectivity index (χ0n) is 10.5. The molecular weight excluding hydrogens is 198 g/mol. The third-order valence-electron chi connectivity index (χ3n) is 4.67. The Morgan fingerprint density at radius 3 is 2.62 bits per heavy atom. The summed E-state index contributed by atoms with van der Waals surface area (Å²) in [5.74, 6) is 3.03. The van der Waals surface area contributed by atoms with Crippen LogP contribution in [0.5, 0.6) is 0 Å². The fourth-order valence-electron chi connectivity index (χ4n) is 3.44. The maximum Gasteiger partial charge on any atom is 0.0534 e. The van der Waals surface area contributed by atoms with Crippen LogP contribution in [0.1, 0.15) is 39.0 Å². The van der Waals surface area contributed by atoms with Gasteiger partial charge in [0.15, 0.2) is 0 Å². The molecule has 0 aromatic carbocycles. The first-order valence-electron chi connectivity index (χ1n) is 7.10. The van der Waals surface area contributed by atoms with E-state index >= 15 is 0 Å². The van der Waals surface area contributed by atoms with Crippen molar-refractivity contribution in [1.82, 2.24) is 5.32 Å². The Labute approximate surface area is 99.1 Å². The quantitative estimate of drug-likeness (QED) is 0.716. The van der Waals surface area contributed by atoms with Crippen LogP contribution in [0.15, 0.2) is 0 Å². The van der Waals surface area contributed by atoms with Crippen LogP contribution in [0.2, 0.25) is 0 Å². The second-order valence-electron chi connectivity index (χ2n) is 6.40. The molecule has 0 aromatic rings. The van der Waals surface area contributed by atoms with Gasteiger partial charge in [-0.2, -0.15) is 0 Å². The minimum Gasteiger partial charge on any atom is -0.381 e. The van der Waals surface area contributed by atoms with Gasteiger partial charge in [0, 0.05) is 18.6 Å². The Hall–Kier alpha value is -0.0800. The van der Waals surface area contributed by atoms with E-state index in [4.69, 9.17) is 4.74 Å². The average molecular weight is 223 g/mol. The summed E-state index contributed by atoms with van der Waals surface area (Å²) < 4.78 is 5.97. The molecule has 0 radical (unpaired) electrons. The van der Waals surface area contributed by atoms with Crippen molar-refractivity contribution in [2.45, 2.75) is 39.0 Å². The minimum absolute atomic E-state index is 0.498. The van der Waals surface area contributed by atoms with Gasteiger partial charge in [-0.15, -0.1) is 0 Å². The Bertz CT molecular complexity index is 239. The molecule has 2 unspecified atom stereocenters. The van der Waals surface area contributed by atoms with Crippen LogP contribution < -0.4 is 5.32 Å². The van der Waals surface area contributed by atoms with Gasteiger partial charge in [0.25, 0.3) is 0 Å². The molecule has 3 rings (SSSR count). The second kappa shape index (κ2) is 4.30. The molecule has 0 amide bonds. The summed E-state index contributed by atoms with van der Waals surface area (Å²) >= 11 is 0. The first-order valence-corrected chi connectivity index (χ1v) is 7.10. The van der Waals surface area contributed by atoms with Crippen molar-refractivity contribution in [2.75, 3.05) is 26.3 Å². The number of hydrogen-bond donors (Lipinski definition) is 1. The zero-order chi connectivity index (χ0) is 11.0. The summed E-state index contributed by atoms with van der Waals surface area (Å²) in [4.78, 5) is 0. The number of rotatable bonds is 7. The van der Waals surface area contributed by atoms with Crippen LogP contribution in [-0.2, 0) is 4.74 Å². The molecule has 2 heteroatoms. The molecule has 2 atom stereocenters.